The number of carbonyl (C=O) groups is 1. The van der Waals surface area contributed by atoms with Crippen LogP contribution in [0.4, 0.5) is 0 Å². The van der Waals surface area contributed by atoms with Crippen molar-refractivity contribution in [3.8, 4) is 0 Å². The van der Waals surface area contributed by atoms with E-state index in [9.17, 15) is 4.79 Å². The van der Waals surface area contributed by atoms with E-state index in [4.69, 9.17) is 10.9 Å². The van der Waals surface area contributed by atoms with Crippen LogP contribution >= 0.6 is 0 Å². The van der Waals surface area contributed by atoms with Crippen molar-refractivity contribution in [3.05, 3.63) is 0 Å². The molecule has 0 atom stereocenters. The van der Waals surface area contributed by atoms with Gasteiger partial charge in [-0.05, 0) is 26.7 Å². The highest BCUT2D eigenvalue weighted by Crippen LogP contribution is 2.19. The van der Waals surface area contributed by atoms with Gasteiger partial charge in [-0.2, -0.15) is 0 Å². The van der Waals surface area contributed by atoms with Crippen molar-refractivity contribution < 1.29 is 10.0 Å². The second-order valence-electron chi connectivity index (χ2n) is 5.87. The van der Waals surface area contributed by atoms with Crippen LogP contribution < -0.4 is 5.73 Å². The van der Waals surface area contributed by atoms with E-state index in [2.05, 4.69) is 23.9 Å². The maximum atomic E-state index is 12.3. The predicted octanol–water partition coefficient (Wildman–Crippen LogP) is 1.09. The fraction of sp³-hybridized carbons (Fsp3) is 0.857. The Morgan fingerprint density at radius 1 is 1.25 bits per heavy atom. The molecule has 1 heterocycles. The van der Waals surface area contributed by atoms with E-state index in [1.165, 1.54) is 0 Å². The Labute approximate surface area is 121 Å². The van der Waals surface area contributed by atoms with Crippen molar-refractivity contribution in [2.75, 3.05) is 26.2 Å². The molecule has 1 fully saturated rings. The Hall–Kier alpha value is -1.30. The highest BCUT2D eigenvalue weighted by Gasteiger charge is 2.35. The SMILES string of the molecule is CCC(CC)C(=O)N1CCN(C(C)(C)C(N)=NO)CC1. The molecular weight excluding hydrogens is 256 g/mol. The summed E-state index contributed by atoms with van der Waals surface area (Å²) in [5.74, 6) is 0.604. The third-order valence-electron chi connectivity index (χ3n) is 4.45. The molecule has 0 aliphatic carbocycles. The van der Waals surface area contributed by atoms with Gasteiger partial charge in [0.1, 0.15) is 0 Å². The van der Waals surface area contributed by atoms with Crippen LogP contribution in [0.2, 0.25) is 0 Å². The van der Waals surface area contributed by atoms with Gasteiger partial charge in [0.05, 0.1) is 5.54 Å². The number of amides is 1. The van der Waals surface area contributed by atoms with Gasteiger partial charge in [0.25, 0.3) is 0 Å². The van der Waals surface area contributed by atoms with Crippen molar-refractivity contribution >= 4 is 11.7 Å². The Morgan fingerprint density at radius 2 is 1.75 bits per heavy atom. The smallest absolute Gasteiger partial charge is 0.225 e. The summed E-state index contributed by atoms with van der Waals surface area (Å²) in [5, 5.41) is 12.0. The fourth-order valence-electron chi connectivity index (χ4n) is 2.67. The zero-order valence-corrected chi connectivity index (χ0v) is 13.1. The van der Waals surface area contributed by atoms with E-state index < -0.39 is 5.54 Å². The summed E-state index contributed by atoms with van der Waals surface area (Å²) in [6, 6.07) is 0. The molecule has 1 rings (SSSR count). The molecule has 3 N–H and O–H groups in total. The number of oxime groups is 1. The van der Waals surface area contributed by atoms with Crippen molar-refractivity contribution in [3.63, 3.8) is 0 Å². The van der Waals surface area contributed by atoms with Crippen LogP contribution in [0, 0.1) is 5.92 Å². The third-order valence-corrected chi connectivity index (χ3v) is 4.45. The molecule has 116 valence electrons. The number of hydrogen-bond donors (Lipinski definition) is 2. The summed E-state index contributed by atoms with van der Waals surface area (Å²) in [5.41, 5.74) is 5.26. The number of carbonyl (C=O) groups excluding carboxylic acids is 1. The highest BCUT2D eigenvalue weighted by molar-refractivity contribution is 5.88. The lowest BCUT2D eigenvalue weighted by Gasteiger charge is -2.43. The average Bonchev–Trinajstić information content (AvgIpc) is 2.47. The standard InChI is InChI=1S/C14H28N4O2/c1-5-11(6-2)12(19)17-7-9-18(10-8-17)14(3,4)13(15)16-20/h11,20H,5-10H2,1-4H3,(H2,15,16). The number of nitrogens with two attached hydrogens (primary N) is 1. The van der Waals surface area contributed by atoms with Gasteiger partial charge < -0.3 is 15.8 Å². The van der Waals surface area contributed by atoms with E-state index in [0.29, 0.717) is 13.1 Å². The first kappa shape index (κ1) is 16.8. The topological polar surface area (TPSA) is 82.2 Å². The van der Waals surface area contributed by atoms with Crippen LogP contribution in [0.25, 0.3) is 0 Å². The second kappa shape index (κ2) is 6.92. The molecule has 1 saturated heterocycles. The lowest BCUT2D eigenvalue weighted by Crippen LogP contribution is -2.60. The fourth-order valence-corrected chi connectivity index (χ4v) is 2.67. The van der Waals surface area contributed by atoms with Crippen LogP contribution in [0.1, 0.15) is 40.5 Å². The van der Waals surface area contributed by atoms with Gasteiger partial charge >= 0.3 is 0 Å². The zero-order valence-electron chi connectivity index (χ0n) is 13.1. The van der Waals surface area contributed by atoms with Crippen LogP contribution in [0.3, 0.4) is 0 Å². The van der Waals surface area contributed by atoms with Gasteiger partial charge in [-0.1, -0.05) is 19.0 Å². The van der Waals surface area contributed by atoms with Gasteiger partial charge in [-0.3, -0.25) is 9.69 Å². The summed E-state index contributed by atoms with van der Waals surface area (Å²) in [4.78, 5) is 16.4. The Kier molecular flexibility index (Phi) is 5.80. The Balaban J connectivity index is 2.62. The monoisotopic (exact) mass is 284 g/mol. The minimum atomic E-state index is -0.487. The summed E-state index contributed by atoms with van der Waals surface area (Å²) >= 11 is 0. The summed E-state index contributed by atoms with van der Waals surface area (Å²) in [7, 11) is 0. The van der Waals surface area contributed by atoms with E-state index in [0.717, 1.165) is 25.9 Å². The summed E-state index contributed by atoms with van der Waals surface area (Å²) in [6.45, 7) is 10.9. The molecule has 1 amide bonds. The molecule has 6 nitrogen and oxygen atoms in total. The van der Waals surface area contributed by atoms with Crippen molar-refractivity contribution in [2.24, 2.45) is 16.8 Å². The van der Waals surface area contributed by atoms with Gasteiger partial charge in [0, 0.05) is 32.1 Å². The van der Waals surface area contributed by atoms with E-state index in [-0.39, 0.29) is 17.7 Å². The number of amidine groups is 1. The molecule has 0 spiro atoms. The number of hydrogen-bond acceptors (Lipinski definition) is 4. The number of piperazine rings is 1. The van der Waals surface area contributed by atoms with Gasteiger partial charge in [0.2, 0.25) is 5.91 Å². The third kappa shape index (κ3) is 3.42. The molecular formula is C14H28N4O2. The van der Waals surface area contributed by atoms with Crippen LogP contribution in [0.15, 0.2) is 5.16 Å². The van der Waals surface area contributed by atoms with Crippen LogP contribution in [-0.4, -0.2) is 58.5 Å². The quantitative estimate of drug-likeness (QED) is 0.343. The molecule has 0 bridgehead atoms. The first-order chi connectivity index (χ1) is 9.38. The van der Waals surface area contributed by atoms with E-state index in [1.54, 1.807) is 0 Å². The lowest BCUT2D eigenvalue weighted by atomic mass is 9.98. The van der Waals surface area contributed by atoms with Gasteiger partial charge in [-0.25, -0.2) is 0 Å². The van der Waals surface area contributed by atoms with Crippen molar-refractivity contribution in [1.82, 2.24) is 9.80 Å². The first-order valence-corrected chi connectivity index (χ1v) is 7.40. The average molecular weight is 284 g/mol. The molecule has 6 heteroatoms. The van der Waals surface area contributed by atoms with E-state index in [1.807, 2.05) is 18.7 Å². The second-order valence-corrected chi connectivity index (χ2v) is 5.87. The molecule has 1 aliphatic rings. The molecule has 0 aromatic carbocycles. The number of nitrogens with zero attached hydrogens (tertiary/aromatic N) is 3. The zero-order chi connectivity index (χ0) is 15.3. The van der Waals surface area contributed by atoms with Crippen molar-refractivity contribution in [2.45, 2.75) is 46.1 Å². The first-order valence-electron chi connectivity index (χ1n) is 7.40. The summed E-state index contributed by atoms with van der Waals surface area (Å²) in [6.07, 6.45) is 1.79. The molecule has 1 aliphatic heterocycles. The van der Waals surface area contributed by atoms with Gasteiger partial charge in [-0.15, -0.1) is 0 Å². The summed E-state index contributed by atoms with van der Waals surface area (Å²) < 4.78 is 0. The maximum absolute atomic E-state index is 12.3. The maximum Gasteiger partial charge on any atom is 0.225 e. The molecule has 0 aromatic rings. The van der Waals surface area contributed by atoms with E-state index >= 15 is 0 Å². The number of rotatable bonds is 5. The predicted molar refractivity (Wildman–Crippen MR) is 79.7 cm³/mol. The molecule has 20 heavy (non-hydrogen) atoms. The largest absolute Gasteiger partial charge is 0.409 e. The minimum absolute atomic E-state index is 0.138. The molecule has 0 unspecified atom stereocenters. The minimum Gasteiger partial charge on any atom is -0.409 e. The molecule has 0 aromatic heterocycles. The lowest BCUT2D eigenvalue weighted by molar-refractivity contribution is -0.138. The Morgan fingerprint density at radius 3 is 2.15 bits per heavy atom. The van der Waals surface area contributed by atoms with Crippen LogP contribution in [-0.2, 0) is 4.79 Å². The molecule has 0 radical (unpaired) electrons. The normalized spacial score (nSPS) is 18.6. The Bertz CT molecular complexity index is 356. The van der Waals surface area contributed by atoms with Crippen molar-refractivity contribution in [1.29, 1.82) is 0 Å². The van der Waals surface area contributed by atoms with Crippen LogP contribution in [0.5, 0.6) is 0 Å². The van der Waals surface area contributed by atoms with Gasteiger partial charge in [0.15, 0.2) is 5.84 Å². The highest BCUT2D eigenvalue weighted by atomic mass is 16.4. The molecule has 0 saturated carbocycles.